The molecule has 1 aliphatic heterocycles. The summed E-state index contributed by atoms with van der Waals surface area (Å²) in [7, 11) is 0. The van der Waals surface area contributed by atoms with Crippen molar-refractivity contribution < 1.29 is 28.6 Å². The average Bonchev–Trinajstić information content (AvgIpc) is 3.00. The summed E-state index contributed by atoms with van der Waals surface area (Å²) in [6.07, 6.45) is -0.626. The van der Waals surface area contributed by atoms with Crippen LogP contribution in [0.2, 0.25) is 0 Å². The summed E-state index contributed by atoms with van der Waals surface area (Å²) in [6, 6.07) is 11.1. The zero-order valence-electron chi connectivity index (χ0n) is 14.5. The highest BCUT2D eigenvalue weighted by Crippen LogP contribution is 2.20. The predicted octanol–water partition coefficient (Wildman–Crippen LogP) is 2.48. The summed E-state index contributed by atoms with van der Waals surface area (Å²) in [6.45, 7) is 3.04. The maximum atomic E-state index is 12.7. The predicted molar refractivity (Wildman–Crippen MR) is 92.1 cm³/mol. The van der Waals surface area contributed by atoms with Crippen molar-refractivity contribution in [1.29, 1.82) is 0 Å². The molecule has 1 N–H and O–H groups in total. The minimum Gasteiger partial charge on any atom is -0.489 e. The Bertz CT molecular complexity index is 770. The minimum atomic E-state index is -0.946. The number of aliphatic carboxylic acids is 1. The minimum absolute atomic E-state index is 0.128. The number of carbonyl (C=O) groups is 2. The highest BCUT2D eigenvalue weighted by molar-refractivity contribution is 5.92. The molecule has 0 saturated carbocycles. The SMILES string of the molecule is Cc1oc(C(=O)N2CCOC(CC(=O)O)C2)cc1COc1ccccc1. The van der Waals surface area contributed by atoms with E-state index in [0.29, 0.717) is 25.5 Å². The molecule has 0 radical (unpaired) electrons. The van der Waals surface area contributed by atoms with Gasteiger partial charge in [-0.1, -0.05) is 18.2 Å². The third kappa shape index (κ3) is 4.43. The van der Waals surface area contributed by atoms with E-state index in [1.54, 1.807) is 17.9 Å². The molecule has 2 heterocycles. The molecule has 7 nitrogen and oxygen atoms in total. The normalized spacial score (nSPS) is 17.1. The third-order valence-corrected chi connectivity index (χ3v) is 4.20. The quantitative estimate of drug-likeness (QED) is 0.852. The first-order valence-electron chi connectivity index (χ1n) is 8.42. The number of hydrogen-bond acceptors (Lipinski definition) is 5. The molecule has 1 atom stereocenters. The van der Waals surface area contributed by atoms with E-state index in [4.69, 9.17) is 19.0 Å². The number of benzene rings is 1. The van der Waals surface area contributed by atoms with Crippen molar-refractivity contribution in [2.24, 2.45) is 0 Å². The number of aryl methyl sites for hydroxylation is 1. The summed E-state index contributed by atoms with van der Waals surface area (Å²) in [5.41, 5.74) is 0.799. The number of hydrogen-bond donors (Lipinski definition) is 1. The molecule has 0 bridgehead atoms. The van der Waals surface area contributed by atoms with Gasteiger partial charge in [0.05, 0.1) is 19.1 Å². The molecule has 1 aliphatic rings. The van der Waals surface area contributed by atoms with Crippen LogP contribution < -0.4 is 4.74 Å². The van der Waals surface area contributed by atoms with Crippen LogP contribution >= 0.6 is 0 Å². The number of morpholine rings is 1. The maximum Gasteiger partial charge on any atom is 0.306 e. The maximum absolute atomic E-state index is 12.7. The first kappa shape index (κ1) is 18.0. The molecule has 0 spiro atoms. The molecule has 1 amide bonds. The van der Waals surface area contributed by atoms with E-state index >= 15 is 0 Å². The van der Waals surface area contributed by atoms with Gasteiger partial charge < -0.3 is 23.9 Å². The number of rotatable bonds is 6. The number of carboxylic acid groups (broad SMARTS) is 1. The lowest BCUT2D eigenvalue weighted by Crippen LogP contribution is -2.46. The van der Waals surface area contributed by atoms with Gasteiger partial charge in [-0.05, 0) is 25.1 Å². The smallest absolute Gasteiger partial charge is 0.306 e. The fourth-order valence-electron chi connectivity index (χ4n) is 2.82. The van der Waals surface area contributed by atoms with E-state index in [1.165, 1.54) is 0 Å². The Morgan fingerprint density at radius 1 is 1.31 bits per heavy atom. The van der Waals surface area contributed by atoms with Crippen molar-refractivity contribution in [2.45, 2.75) is 26.1 Å². The van der Waals surface area contributed by atoms with Crippen molar-refractivity contribution in [3.8, 4) is 5.75 Å². The van der Waals surface area contributed by atoms with Crippen molar-refractivity contribution >= 4 is 11.9 Å². The molecule has 1 saturated heterocycles. The zero-order chi connectivity index (χ0) is 18.5. The lowest BCUT2D eigenvalue weighted by atomic mass is 10.2. The third-order valence-electron chi connectivity index (χ3n) is 4.20. The van der Waals surface area contributed by atoms with Crippen LogP contribution in [0.25, 0.3) is 0 Å². The monoisotopic (exact) mass is 359 g/mol. The largest absolute Gasteiger partial charge is 0.489 e. The zero-order valence-corrected chi connectivity index (χ0v) is 14.5. The van der Waals surface area contributed by atoms with E-state index in [9.17, 15) is 9.59 Å². The van der Waals surface area contributed by atoms with E-state index in [-0.39, 0.29) is 24.6 Å². The number of ether oxygens (including phenoxy) is 2. The topological polar surface area (TPSA) is 89.2 Å². The number of carbonyl (C=O) groups excluding carboxylic acids is 1. The van der Waals surface area contributed by atoms with Gasteiger partial charge in [0.1, 0.15) is 18.1 Å². The molecule has 26 heavy (non-hydrogen) atoms. The summed E-state index contributed by atoms with van der Waals surface area (Å²) < 4.78 is 16.7. The van der Waals surface area contributed by atoms with Crippen LogP contribution in [-0.4, -0.2) is 47.7 Å². The summed E-state index contributed by atoms with van der Waals surface area (Å²) in [5.74, 6) is 0.381. The van der Waals surface area contributed by atoms with Gasteiger partial charge >= 0.3 is 5.97 Å². The number of amides is 1. The summed E-state index contributed by atoms with van der Waals surface area (Å²) in [5, 5.41) is 8.88. The second-order valence-electron chi connectivity index (χ2n) is 6.14. The van der Waals surface area contributed by atoms with E-state index in [1.807, 2.05) is 30.3 Å². The molecule has 3 rings (SSSR count). The van der Waals surface area contributed by atoms with Crippen LogP contribution in [0.15, 0.2) is 40.8 Å². The van der Waals surface area contributed by atoms with Crippen LogP contribution in [0.5, 0.6) is 5.75 Å². The Morgan fingerprint density at radius 2 is 2.08 bits per heavy atom. The van der Waals surface area contributed by atoms with Gasteiger partial charge in [-0.15, -0.1) is 0 Å². The number of para-hydroxylation sites is 1. The highest BCUT2D eigenvalue weighted by atomic mass is 16.5. The standard InChI is InChI=1S/C19H21NO6/c1-13-14(12-25-15-5-3-2-4-6-15)9-17(26-13)19(23)20-7-8-24-16(11-20)10-18(21)22/h2-6,9,16H,7-8,10-12H2,1H3,(H,21,22). The van der Waals surface area contributed by atoms with Crippen LogP contribution in [0.4, 0.5) is 0 Å². The molecule has 1 aromatic heterocycles. The Labute approximate surface area is 151 Å². The van der Waals surface area contributed by atoms with E-state index < -0.39 is 12.1 Å². The highest BCUT2D eigenvalue weighted by Gasteiger charge is 2.28. The molecule has 1 fully saturated rings. The number of furan rings is 1. The van der Waals surface area contributed by atoms with Gasteiger partial charge in [0.2, 0.25) is 0 Å². The van der Waals surface area contributed by atoms with Crippen molar-refractivity contribution in [3.05, 3.63) is 53.5 Å². The lowest BCUT2D eigenvalue weighted by molar-refractivity contribution is -0.141. The average molecular weight is 359 g/mol. The molecule has 7 heteroatoms. The summed E-state index contributed by atoms with van der Waals surface area (Å²) >= 11 is 0. The Kier molecular flexibility index (Phi) is 5.58. The fraction of sp³-hybridized carbons (Fsp3) is 0.368. The van der Waals surface area contributed by atoms with Crippen LogP contribution in [0.3, 0.4) is 0 Å². The van der Waals surface area contributed by atoms with Crippen molar-refractivity contribution in [3.63, 3.8) is 0 Å². The van der Waals surface area contributed by atoms with Gasteiger partial charge in [0, 0.05) is 18.7 Å². The lowest BCUT2D eigenvalue weighted by Gasteiger charge is -2.31. The molecular formula is C19H21NO6. The second-order valence-corrected chi connectivity index (χ2v) is 6.14. The molecule has 1 unspecified atom stereocenters. The van der Waals surface area contributed by atoms with Gasteiger partial charge in [0.25, 0.3) is 5.91 Å². The van der Waals surface area contributed by atoms with Gasteiger partial charge in [-0.25, -0.2) is 0 Å². The molecule has 138 valence electrons. The second kappa shape index (κ2) is 8.05. The molecule has 2 aromatic rings. The van der Waals surface area contributed by atoms with Crippen LogP contribution in [0.1, 0.15) is 28.3 Å². The van der Waals surface area contributed by atoms with Gasteiger partial charge in [0.15, 0.2) is 5.76 Å². The van der Waals surface area contributed by atoms with Crippen molar-refractivity contribution in [1.82, 2.24) is 4.90 Å². The van der Waals surface area contributed by atoms with E-state index in [2.05, 4.69) is 0 Å². The molecule has 0 aliphatic carbocycles. The Morgan fingerprint density at radius 3 is 2.81 bits per heavy atom. The number of carboxylic acids is 1. The summed E-state index contributed by atoms with van der Waals surface area (Å²) in [4.78, 5) is 25.1. The number of nitrogens with zero attached hydrogens (tertiary/aromatic N) is 1. The van der Waals surface area contributed by atoms with Gasteiger partial charge in [-0.2, -0.15) is 0 Å². The molecular weight excluding hydrogens is 338 g/mol. The molecule has 1 aromatic carbocycles. The first-order valence-corrected chi connectivity index (χ1v) is 8.42. The Hall–Kier alpha value is -2.80. The Balaban J connectivity index is 1.63. The van der Waals surface area contributed by atoms with Crippen LogP contribution in [-0.2, 0) is 16.1 Å². The van der Waals surface area contributed by atoms with Gasteiger partial charge in [-0.3, -0.25) is 9.59 Å². The van der Waals surface area contributed by atoms with Crippen LogP contribution in [0, 0.1) is 6.92 Å². The van der Waals surface area contributed by atoms with Crippen molar-refractivity contribution in [2.75, 3.05) is 19.7 Å². The van der Waals surface area contributed by atoms with E-state index in [0.717, 1.165) is 11.3 Å². The fourth-order valence-corrected chi connectivity index (χ4v) is 2.82. The first-order chi connectivity index (χ1) is 12.5.